The predicted molar refractivity (Wildman–Crippen MR) is 99.0 cm³/mol. The van der Waals surface area contributed by atoms with Crippen LogP contribution in [0.3, 0.4) is 0 Å². The van der Waals surface area contributed by atoms with Crippen LogP contribution >= 0.6 is 7.60 Å². The van der Waals surface area contributed by atoms with Crippen molar-refractivity contribution in [2.75, 3.05) is 0 Å². The fourth-order valence-electron chi connectivity index (χ4n) is 2.61. The Balaban J connectivity index is 2.30. The Morgan fingerprint density at radius 2 is 1.80 bits per heavy atom. The monoisotopic (exact) mass is 390 g/mol. The summed E-state index contributed by atoms with van der Waals surface area (Å²) in [5, 5.41) is 0. The molecule has 0 radical (unpaired) electrons. The molecule has 0 amide bonds. The van der Waals surface area contributed by atoms with Gasteiger partial charge in [-0.05, 0) is 57.4 Å². The maximum atomic E-state index is 11.1. The molecule has 1 atom stereocenters. The van der Waals surface area contributed by atoms with Crippen molar-refractivity contribution in [3.8, 4) is 0 Å². The Labute approximate surface area is 149 Å². The predicted octanol–water partition coefficient (Wildman–Crippen LogP) is 3.91. The van der Waals surface area contributed by atoms with Crippen molar-refractivity contribution in [1.82, 2.24) is 0 Å². The summed E-state index contributed by atoms with van der Waals surface area (Å²) >= 11 is 0. The van der Waals surface area contributed by atoms with Gasteiger partial charge in [-0.3, -0.25) is 9.12 Å². The Morgan fingerprint density at radius 3 is 2.36 bits per heavy atom. The van der Waals surface area contributed by atoms with Crippen molar-refractivity contribution >= 4 is 17.7 Å². The van der Waals surface area contributed by atoms with Crippen molar-refractivity contribution in [2.45, 2.75) is 56.9 Å². The zero-order chi connectivity index (χ0) is 18.9. The van der Waals surface area contributed by atoms with Gasteiger partial charge in [-0.15, -0.1) is 0 Å². The van der Waals surface area contributed by atoms with Gasteiger partial charge in [0.25, 0.3) is 10.1 Å². The van der Waals surface area contributed by atoms with Crippen LogP contribution in [0.25, 0.3) is 0 Å². The topological polar surface area (TPSA) is 112 Å². The molecule has 0 saturated heterocycles. The fraction of sp³-hybridized carbons (Fsp3) is 0.529. The summed E-state index contributed by atoms with van der Waals surface area (Å²) < 4.78 is 42.2. The van der Waals surface area contributed by atoms with Crippen LogP contribution in [0.4, 0.5) is 0 Å². The number of allylic oxidation sites excluding steroid dienone is 2. The van der Waals surface area contributed by atoms with Crippen LogP contribution in [0.15, 0.2) is 42.0 Å². The van der Waals surface area contributed by atoms with Crippen LogP contribution in [0.1, 0.15) is 51.0 Å². The molecule has 0 saturated carbocycles. The first kappa shape index (κ1) is 22.1. The standard InChI is InChI=1S/C17H27O6PS/c1-15(9-5-7-13-16-11-3-2-4-12-16)10-6-8-14-17(24(18,19)20)25(21,22)23/h2-4,10-12,17H,5-9,13-14H2,1H3,(H2,18,19,20)(H,21,22,23). The van der Waals surface area contributed by atoms with Gasteiger partial charge in [-0.25, -0.2) is 0 Å². The van der Waals surface area contributed by atoms with Crippen molar-refractivity contribution in [3.05, 3.63) is 47.5 Å². The minimum atomic E-state index is -4.87. The number of hydrogen-bond acceptors (Lipinski definition) is 3. The summed E-state index contributed by atoms with van der Waals surface area (Å²) in [7, 11) is -9.62. The van der Waals surface area contributed by atoms with Gasteiger partial charge in [0.05, 0.1) is 0 Å². The lowest BCUT2D eigenvalue weighted by Crippen LogP contribution is -2.20. The average molecular weight is 390 g/mol. The largest absolute Gasteiger partial charge is 0.346 e. The summed E-state index contributed by atoms with van der Waals surface area (Å²) in [5.74, 6) is 0. The molecule has 3 N–H and O–H groups in total. The highest BCUT2D eigenvalue weighted by atomic mass is 32.2. The minimum absolute atomic E-state index is 0.263. The summed E-state index contributed by atoms with van der Waals surface area (Å²) in [6.45, 7) is 1.99. The van der Waals surface area contributed by atoms with E-state index in [9.17, 15) is 13.0 Å². The van der Waals surface area contributed by atoms with Crippen LogP contribution in [0, 0.1) is 0 Å². The highest BCUT2D eigenvalue weighted by Gasteiger charge is 2.38. The maximum Gasteiger partial charge on any atom is 0.346 e. The normalized spacial score (nSPS) is 14.5. The van der Waals surface area contributed by atoms with E-state index >= 15 is 0 Å². The second-order valence-electron chi connectivity index (χ2n) is 6.23. The summed E-state index contributed by atoms with van der Waals surface area (Å²) in [5.41, 5.74) is 2.49. The third-order valence-corrected chi connectivity index (χ3v) is 7.55. The van der Waals surface area contributed by atoms with Gasteiger partial charge in [-0.2, -0.15) is 8.42 Å². The third kappa shape index (κ3) is 9.33. The molecule has 1 unspecified atom stereocenters. The molecule has 0 bridgehead atoms. The lowest BCUT2D eigenvalue weighted by molar-refractivity contribution is 0.360. The molecule has 8 heteroatoms. The van der Waals surface area contributed by atoms with Crippen LogP contribution < -0.4 is 0 Å². The summed E-state index contributed by atoms with van der Waals surface area (Å²) in [6.07, 6.45) is 6.61. The van der Waals surface area contributed by atoms with Crippen LogP contribution in [0.5, 0.6) is 0 Å². The smallest absolute Gasteiger partial charge is 0.323 e. The molecule has 1 rings (SSSR count). The van der Waals surface area contributed by atoms with Gasteiger partial charge in [0.1, 0.15) is 0 Å². The zero-order valence-corrected chi connectivity index (χ0v) is 16.1. The van der Waals surface area contributed by atoms with E-state index in [2.05, 4.69) is 12.1 Å². The van der Waals surface area contributed by atoms with E-state index in [4.69, 9.17) is 14.3 Å². The van der Waals surface area contributed by atoms with Gasteiger partial charge < -0.3 is 9.79 Å². The van der Waals surface area contributed by atoms with Crippen LogP contribution in [-0.4, -0.2) is 27.7 Å². The van der Waals surface area contributed by atoms with E-state index in [1.807, 2.05) is 31.2 Å². The highest BCUT2D eigenvalue weighted by Crippen LogP contribution is 2.46. The van der Waals surface area contributed by atoms with Crippen molar-refractivity contribution < 1.29 is 27.3 Å². The first-order chi connectivity index (χ1) is 11.6. The van der Waals surface area contributed by atoms with E-state index in [0.717, 1.165) is 25.7 Å². The molecule has 0 spiro atoms. The lowest BCUT2D eigenvalue weighted by Gasteiger charge is -2.14. The molecular weight excluding hydrogens is 363 g/mol. The van der Waals surface area contributed by atoms with Crippen LogP contribution in [-0.2, 0) is 21.1 Å². The molecular formula is C17H27O6PS. The van der Waals surface area contributed by atoms with E-state index in [1.54, 1.807) is 0 Å². The van der Waals surface area contributed by atoms with Gasteiger partial charge in [0.2, 0.25) is 0 Å². The van der Waals surface area contributed by atoms with E-state index < -0.39 is 22.7 Å². The number of rotatable bonds is 11. The quantitative estimate of drug-likeness (QED) is 0.229. The molecule has 0 aromatic heterocycles. The first-order valence-electron chi connectivity index (χ1n) is 8.32. The van der Waals surface area contributed by atoms with Gasteiger partial charge >= 0.3 is 7.60 Å². The molecule has 1 aromatic carbocycles. The first-order valence-corrected chi connectivity index (χ1v) is 11.5. The molecule has 0 aliphatic rings. The number of benzene rings is 1. The summed E-state index contributed by atoms with van der Waals surface area (Å²) in [6, 6.07) is 10.3. The van der Waals surface area contributed by atoms with Gasteiger partial charge in [0.15, 0.2) is 4.99 Å². The molecule has 0 fully saturated rings. The second-order valence-corrected chi connectivity index (χ2v) is 9.98. The average Bonchev–Trinajstić information content (AvgIpc) is 2.49. The van der Waals surface area contributed by atoms with E-state index in [-0.39, 0.29) is 12.8 Å². The zero-order valence-electron chi connectivity index (χ0n) is 14.4. The number of hydrogen-bond donors (Lipinski definition) is 3. The fourth-order valence-corrected chi connectivity index (χ4v) is 4.98. The molecule has 0 heterocycles. The molecule has 142 valence electrons. The van der Waals surface area contributed by atoms with Gasteiger partial charge in [0, 0.05) is 0 Å². The van der Waals surface area contributed by atoms with E-state index in [1.165, 1.54) is 11.1 Å². The Kier molecular flexibility index (Phi) is 9.03. The lowest BCUT2D eigenvalue weighted by atomic mass is 10.0. The van der Waals surface area contributed by atoms with Gasteiger partial charge in [-0.1, -0.05) is 42.0 Å². The number of unbranched alkanes of at least 4 members (excludes halogenated alkanes) is 2. The molecule has 25 heavy (non-hydrogen) atoms. The molecule has 0 aliphatic heterocycles. The maximum absolute atomic E-state index is 11.1. The minimum Gasteiger partial charge on any atom is -0.323 e. The molecule has 1 aromatic rings. The van der Waals surface area contributed by atoms with Crippen molar-refractivity contribution in [1.29, 1.82) is 0 Å². The highest BCUT2D eigenvalue weighted by molar-refractivity contribution is 7.93. The van der Waals surface area contributed by atoms with Crippen molar-refractivity contribution in [3.63, 3.8) is 0 Å². The Hall–Kier alpha value is -0.980. The third-order valence-electron chi connectivity index (χ3n) is 4.00. The molecule has 0 aliphatic carbocycles. The van der Waals surface area contributed by atoms with Crippen molar-refractivity contribution in [2.24, 2.45) is 0 Å². The molecule has 6 nitrogen and oxygen atoms in total. The second kappa shape index (κ2) is 10.2. The van der Waals surface area contributed by atoms with E-state index in [0.29, 0.717) is 6.42 Å². The van der Waals surface area contributed by atoms with Crippen LogP contribution in [0.2, 0.25) is 0 Å². The number of aryl methyl sites for hydroxylation is 1. The SMILES string of the molecule is CC(=CCCCC(P(=O)(O)O)S(=O)(=O)O)CCCCc1ccccc1. The Bertz CT molecular complexity index is 693. The Morgan fingerprint density at radius 1 is 1.16 bits per heavy atom. The summed E-state index contributed by atoms with van der Waals surface area (Å²) in [4.78, 5) is 16.0.